The van der Waals surface area contributed by atoms with E-state index in [0.717, 1.165) is 11.3 Å². The van der Waals surface area contributed by atoms with Crippen LogP contribution in [0.1, 0.15) is 15.9 Å². The third kappa shape index (κ3) is 3.39. The average molecular weight is 363 g/mol. The normalized spacial score (nSPS) is 13.6. The van der Waals surface area contributed by atoms with Gasteiger partial charge in [-0.25, -0.2) is 4.79 Å². The van der Waals surface area contributed by atoms with Crippen molar-refractivity contribution in [3.05, 3.63) is 76.1 Å². The number of carbonyl (C=O) groups is 2. The lowest BCUT2D eigenvalue weighted by atomic mass is 10.1. The van der Waals surface area contributed by atoms with Crippen molar-refractivity contribution in [3.8, 4) is 0 Å². The number of rotatable bonds is 4. The molecule has 0 atom stereocenters. The van der Waals surface area contributed by atoms with Crippen LogP contribution in [0, 0.1) is 0 Å². The van der Waals surface area contributed by atoms with E-state index in [1.165, 1.54) is 6.07 Å². The standard InChI is InChI=1S/C20H17N3O4/c24-18-11-16(15-6-1-2-7-17(15)22-18)19(25)21-12-13-4-3-5-14(10-13)23-8-9-27-20(23)26/h1-7,10-11H,8-9,12H2,(H,21,25)(H,22,24). The van der Waals surface area contributed by atoms with Gasteiger partial charge < -0.3 is 15.0 Å². The summed E-state index contributed by atoms with van der Waals surface area (Å²) in [6.07, 6.45) is -0.369. The highest BCUT2D eigenvalue weighted by Gasteiger charge is 2.23. The van der Waals surface area contributed by atoms with E-state index in [9.17, 15) is 14.4 Å². The predicted octanol–water partition coefficient (Wildman–Crippen LogP) is 2.41. The Balaban J connectivity index is 1.54. The Morgan fingerprint density at radius 2 is 1.96 bits per heavy atom. The summed E-state index contributed by atoms with van der Waals surface area (Å²) in [5.74, 6) is -0.330. The van der Waals surface area contributed by atoms with Crippen LogP contribution < -0.4 is 15.8 Å². The quantitative estimate of drug-likeness (QED) is 0.745. The molecular formula is C20H17N3O4. The molecular weight excluding hydrogens is 346 g/mol. The van der Waals surface area contributed by atoms with Gasteiger partial charge in [-0.15, -0.1) is 0 Å². The molecule has 27 heavy (non-hydrogen) atoms. The zero-order valence-electron chi connectivity index (χ0n) is 14.4. The molecule has 1 aromatic heterocycles. The number of aromatic amines is 1. The van der Waals surface area contributed by atoms with E-state index >= 15 is 0 Å². The highest BCUT2D eigenvalue weighted by molar-refractivity contribution is 6.05. The van der Waals surface area contributed by atoms with E-state index in [1.807, 2.05) is 30.3 Å². The van der Waals surface area contributed by atoms with Gasteiger partial charge in [-0.2, -0.15) is 0 Å². The van der Waals surface area contributed by atoms with Gasteiger partial charge in [0.05, 0.1) is 12.1 Å². The van der Waals surface area contributed by atoms with Crippen molar-refractivity contribution in [1.82, 2.24) is 10.3 Å². The monoisotopic (exact) mass is 363 g/mol. The lowest BCUT2D eigenvalue weighted by Crippen LogP contribution is -2.26. The van der Waals surface area contributed by atoms with Crippen molar-refractivity contribution in [2.45, 2.75) is 6.54 Å². The highest BCUT2D eigenvalue weighted by atomic mass is 16.6. The Bertz CT molecular complexity index is 1090. The molecule has 2 N–H and O–H groups in total. The zero-order chi connectivity index (χ0) is 18.8. The second-order valence-corrected chi connectivity index (χ2v) is 6.21. The molecule has 2 heterocycles. The minimum atomic E-state index is -0.369. The van der Waals surface area contributed by atoms with Gasteiger partial charge in [0, 0.05) is 29.2 Å². The molecule has 1 aliphatic rings. The number of benzene rings is 2. The highest BCUT2D eigenvalue weighted by Crippen LogP contribution is 2.20. The Morgan fingerprint density at radius 1 is 1.11 bits per heavy atom. The molecule has 0 bridgehead atoms. The Morgan fingerprint density at radius 3 is 2.78 bits per heavy atom. The van der Waals surface area contributed by atoms with Crippen LogP contribution >= 0.6 is 0 Å². The number of para-hydroxylation sites is 1. The molecule has 1 saturated heterocycles. The van der Waals surface area contributed by atoms with Crippen LogP contribution in [0.15, 0.2) is 59.4 Å². The summed E-state index contributed by atoms with van der Waals surface area (Å²) in [6.45, 7) is 1.15. The number of hydrogen-bond acceptors (Lipinski definition) is 4. The molecule has 1 fully saturated rings. The van der Waals surface area contributed by atoms with Crippen molar-refractivity contribution in [1.29, 1.82) is 0 Å². The van der Waals surface area contributed by atoms with Crippen LogP contribution in [-0.2, 0) is 11.3 Å². The first-order chi connectivity index (χ1) is 13.1. The number of amides is 2. The minimum absolute atomic E-state index is 0.274. The van der Waals surface area contributed by atoms with E-state index in [4.69, 9.17) is 4.74 Å². The first-order valence-corrected chi connectivity index (χ1v) is 8.55. The lowest BCUT2D eigenvalue weighted by Gasteiger charge is -2.14. The molecule has 0 spiro atoms. The minimum Gasteiger partial charge on any atom is -0.447 e. The number of anilines is 1. The molecule has 2 amide bonds. The third-order valence-corrected chi connectivity index (χ3v) is 4.43. The van der Waals surface area contributed by atoms with Crippen molar-refractivity contribution >= 4 is 28.6 Å². The van der Waals surface area contributed by atoms with Crippen molar-refractivity contribution in [3.63, 3.8) is 0 Å². The summed E-state index contributed by atoms with van der Waals surface area (Å²) < 4.78 is 4.95. The fourth-order valence-corrected chi connectivity index (χ4v) is 3.13. The topological polar surface area (TPSA) is 91.5 Å². The summed E-state index contributed by atoms with van der Waals surface area (Å²) in [7, 11) is 0. The second kappa shape index (κ2) is 6.95. The molecule has 0 saturated carbocycles. The van der Waals surface area contributed by atoms with Crippen molar-refractivity contribution < 1.29 is 14.3 Å². The van der Waals surface area contributed by atoms with Crippen molar-refractivity contribution in [2.24, 2.45) is 0 Å². The van der Waals surface area contributed by atoms with Crippen LogP contribution in [-0.4, -0.2) is 30.1 Å². The van der Waals surface area contributed by atoms with Gasteiger partial charge in [0.2, 0.25) is 5.56 Å². The van der Waals surface area contributed by atoms with E-state index in [1.54, 1.807) is 23.1 Å². The first kappa shape index (κ1) is 16.8. The SMILES string of the molecule is O=C(NCc1cccc(N2CCOC2=O)c1)c1cc(=O)[nH]c2ccccc12. The Hall–Kier alpha value is -3.61. The summed E-state index contributed by atoms with van der Waals surface area (Å²) in [5.41, 5.74) is 2.19. The maximum absolute atomic E-state index is 12.6. The molecule has 4 rings (SSSR count). The summed E-state index contributed by atoms with van der Waals surface area (Å²) in [6, 6.07) is 15.8. The van der Waals surface area contributed by atoms with Gasteiger partial charge in [0.1, 0.15) is 6.61 Å². The number of aromatic nitrogens is 1. The lowest BCUT2D eigenvalue weighted by molar-refractivity contribution is 0.0952. The number of hydrogen-bond donors (Lipinski definition) is 2. The Labute approximate surface area is 154 Å². The van der Waals surface area contributed by atoms with Crippen LogP contribution in [0.4, 0.5) is 10.5 Å². The van der Waals surface area contributed by atoms with Gasteiger partial charge >= 0.3 is 6.09 Å². The summed E-state index contributed by atoms with van der Waals surface area (Å²) >= 11 is 0. The third-order valence-electron chi connectivity index (χ3n) is 4.43. The van der Waals surface area contributed by atoms with Crippen molar-refractivity contribution in [2.75, 3.05) is 18.1 Å². The molecule has 2 aromatic carbocycles. The maximum atomic E-state index is 12.6. The molecule has 7 nitrogen and oxygen atoms in total. The number of pyridine rings is 1. The molecule has 0 unspecified atom stereocenters. The molecule has 0 aliphatic carbocycles. The van der Waals surface area contributed by atoms with E-state index < -0.39 is 0 Å². The number of cyclic esters (lactones) is 1. The number of carbonyl (C=O) groups excluding carboxylic acids is 2. The van der Waals surface area contributed by atoms with Gasteiger partial charge in [0.25, 0.3) is 5.91 Å². The van der Waals surface area contributed by atoms with Crippen LogP contribution in [0.25, 0.3) is 10.9 Å². The number of nitrogens with one attached hydrogen (secondary N) is 2. The van der Waals surface area contributed by atoms with Crippen LogP contribution in [0.2, 0.25) is 0 Å². The van der Waals surface area contributed by atoms with E-state index in [0.29, 0.717) is 29.6 Å². The largest absolute Gasteiger partial charge is 0.447 e. The molecule has 7 heteroatoms. The summed E-state index contributed by atoms with van der Waals surface area (Å²) in [4.78, 5) is 40.4. The zero-order valence-corrected chi connectivity index (χ0v) is 14.4. The maximum Gasteiger partial charge on any atom is 0.414 e. The fraction of sp³-hybridized carbons (Fsp3) is 0.150. The average Bonchev–Trinajstić information content (AvgIpc) is 3.11. The molecule has 3 aromatic rings. The summed E-state index contributed by atoms with van der Waals surface area (Å²) in [5, 5.41) is 3.52. The first-order valence-electron chi connectivity index (χ1n) is 8.55. The van der Waals surface area contributed by atoms with Gasteiger partial charge in [-0.05, 0) is 23.8 Å². The fourth-order valence-electron chi connectivity index (χ4n) is 3.13. The van der Waals surface area contributed by atoms with E-state index in [2.05, 4.69) is 10.3 Å². The molecule has 136 valence electrons. The van der Waals surface area contributed by atoms with Crippen LogP contribution in [0.3, 0.4) is 0 Å². The Kier molecular flexibility index (Phi) is 4.33. The number of nitrogens with zero attached hydrogens (tertiary/aromatic N) is 1. The van der Waals surface area contributed by atoms with Crippen LogP contribution in [0.5, 0.6) is 0 Å². The van der Waals surface area contributed by atoms with Gasteiger partial charge in [-0.3, -0.25) is 14.5 Å². The number of fused-ring (bicyclic) bond motifs is 1. The predicted molar refractivity (Wildman–Crippen MR) is 101 cm³/mol. The smallest absolute Gasteiger partial charge is 0.414 e. The number of ether oxygens (including phenoxy) is 1. The van der Waals surface area contributed by atoms with Gasteiger partial charge in [0.15, 0.2) is 0 Å². The molecule has 0 radical (unpaired) electrons. The number of H-pyrrole nitrogens is 1. The van der Waals surface area contributed by atoms with Gasteiger partial charge in [-0.1, -0.05) is 30.3 Å². The van der Waals surface area contributed by atoms with E-state index in [-0.39, 0.29) is 24.1 Å². The molecule has 1 aliphatic heterocycles. The second-order valence-electron chi connectivity index (χ2n) is 6.21.